The molecule has 3 aromatic rings. The van der Waals surface area contributed by atoms with Gasteiger partial charge in [-0.2, -0.15) is 0 Å². The smallest absolute Gasteiger partial charge is 0.141 e. The van der Waals surface area contributed by atoms with E-state index < -0.39 is 5.82 Å². The first-order valence-electron chi connectivity index (χ1n) is 6.14. The summed E-state index contributed by atoms with van der Waals surface area (Å²) >= 11 is 0. The summed E-state index contributed by atoms with van der Waals surface area (Å²) < 4.78 is 32.1. The molecule has 0 saturated carbocycles. The lowest BCUT2D eigenvalue weighted by Gasteiger charge is -2.13. The molecular weight excluding hydrogens is 262 g/mol. The second-order valence-corrected chi connectivity index (χ2v) is 4.49. The van der Waals surface area contributed by atoms with Crippen LogP contribution in [-0.4, -0.2) is 12.0 Å². The summed E-state index contributed by atoms with van der Waals surface area (Å²) in [7, 11) is 1.74. The topological polar surface area (TPSA) is 38.1 Å². The molecule has 0 aliphatic rings. The number of benzene rings is 1. The molecule has 0 saturated heterocycles. The van der Waals surface area contributed by atoms with Crippen LogP contribution in [0.2, 0.25) is 0 Å². The summed E-state index contributed by atoms with van der Waals surface area (Å²) in [5.74, 6) is -0.149. The number of pyridine rings is 1. The molecule has 0 fully saturated rings. The van der Waals surface area contributed by atoms with E-state index in [1.54, 1.807) is 25.4 Å². The molecule has 1 atom stereocenters. The lowest BCUT2D eigenvalue weighted by molar-refractivity contribution is 0.488. The van der Waals surface area contributed by atoms with Crippen LogP contribution in [0.15, 0.2) is 47.1 Å². The SMILES string of the molecule is CNC(c1cncc(F)c1)c1cc2cc(F)ccc2o1. The molecular formula is C15H12F2N2O. The van der Waals surface area contributed by atoms with Crippen molar-refractivity contribution in [1.82, 2.24) is 10.3 Å². The van der Waals surface area contributed by atoms with Crippen LogP contribution in [0.25, 0.3) is 11.0 Å². The maximum atomic E-state index is 13.3. The van der Waals surface area contributed by atoms with Crippen molar-refractivity contribution >= 4 is 11.0 Å². The number of rotatable bonds is 3. The van der Waals surface area contributed by atoms with Crippen molar-refractivity contribution in [2.24, 2.45) is 0 Å². The summed E-state index contributed by atoms with van der Waals surface area (Å²) in [5.41, 5.74) is 1.23. The van der Waals surface area contributed by atoms with Gasteiger partial charge in [-0.15, -0.1) is 0 Å². The van der Waals surface area contributed by atoms with E-state index in [1.807, 2.05) is 0 Å². The first-order valence-corrected chi connectivity index (χ1v) is 6.14. The van der Waals surface area contributed by atoms with E-state index in [-0.39, 0.29) is 11.9 Å². The normalized spacial score (nSPS) is 12.8. The number of nitrogens with one attached hydrogen (secondary N) is 1. The van der Waals surface area contributed by atoms with Gasteiger partial charge in [0.25, 0.3) is 0 Å². The van der Waals surface area contributed by atoms with Crippen molar-refractivity contribution < 1.29 is 13.2 Å². The number of hydrogen-bond donors (Lipinski definition) is 1. The fraction of sp³-hybridized carbons (Fsp3) is 0.133. The van der Waals surface area contributed by atoms with Gasteiger partial charge in [0.05, 0.1) is 12.2 Å². The van der Waals surface area contributed by atoms with Crippen LogP contribution in [0.3, 0.4) is 0 Å². The number of aromatic nitrogens is 1. The van der Waals surface area contributed by atoms with Gasteiger partial charge in [-0.3, -0.25) is 4.98 Å². The first kappa shape index (κ1) is 12.7. The predicted molar refractivity (Wildman–Crippen MR) is 71.3 cm³/mol. The van der Waals surface area contributed by atoms with E-state index >= 15 is 0 Å². The molecule has 1 aromatic carbocycles. The van der Waals surface area contributed by atoms with Gasteiger partial charge >= 0.3 is 0 Å². The summed E-state index contributed by atoms with van der Waals surface area (Å²) in [5, 5.41) is 3.71. The zero-order valence-electron chi connectivity index (χ0n) is 10.7. The van der Waals surface area contributed by atoms with E-state index in [4.69, 9.17) is 4.42 Å². The molecule has 1 unspecified atom stereocenters. The second-order valence-electron chi connectivity index (χ2n) is 4.49. The molecule has 2 aromatic heterocycles. The molecule has 20 heavy (non-hydrogen) atoms. The van der Waals surface area contributed by atoms with Gasteiger partial charge in [-0.1, -0.05) is 0 Å². The van der Waals surface area contributed by atoms with Crippen molar-refractivity contribution in [1.29, 1.82) is 0 Å². The summed E-state index contributed by atoms with van der Waals surface area (Å²) in [4.78, 5) is 3.83. The van der Waals surface area contributed by atoms with E-state index in [1.165, 1.54) is 18.2 Å². The third-order valence-electron chi connectivity index (χ3n) is 3.13. The maximum Gasteiger partial charge on any atom is 0.141 e. The van der Waals surface area contributed by atoms with Crippen LogP contribution in [0.1, 0.15) is 17.4 Å². The quantitative estimate of drug-likeness (QED) is 0.795. The number of nitrogens with zero attached hydrogens (tertiary/aromatic N) is 1. The van der Waals surface area contributed by atoms with Gasteiger partial charge < -0.3 is 9.73 Å². The Bertz CT molecular complexity index is 754. The fourth-order valence-electron chi connectivity index (χ4n) is 2.24. The van der Waals surface area contributed by atoms with E-state index in [0.29, 0.717) is 22.3 Å². The highest BCUT2D eigenvalue weighted by molar-refractivity contribution is 5.78. The lowest BCUT2D eigenvalue weighted by Crippen LogP contribution is -2.17. The Morgan fingerprint density at radius 3 is 2.70 bits per heavy atom. The molecule has 0 aliphatic carbocycles. The van der Waals surface area contributed by atoms with Crippen LogP contribution in [0.5, 0.6) is 0 Å². The Labute approximate surface area is 114 Å². The van der Waals surface area contributed by atoms with Gasteiger partial charge in [0.2, 0.25) is 0 Å². The average Bonchev–Trinajstić information content (AvgIpc) is 2.82. The zero-order chi connectivity index (χ0) is 14.1. The summed E-state index contributed by atoms with van der Waals surface area (Å²) in [6.07, 6.45) is 2.71. The number of fused-ring (bicyclic) bond motifs is 1. The van der Waals surface area contributed by atoms with Crippen LogP contribution >= 0.6 is 0 Å². The van der Waals surface area contributed by atoms with Crippen LogP contribution in [0, 0.1) is 11.6 Å². The second kappa shape index (κ2) is 5.02. The van der Waals surface area contributed by atoms with Crippen LogP contribution in [0.4, 0.5) is 8.78 Å². The molecule has 2 heterocycles. The minimum atomic E-state index is -0.412. The van der Waals surface area contributed by atoms with E-state index in [2.05, 4.69) is 10.3 Å². The molecule has 3 nitrogen and oxygen atoms in total. The Balaban J connectivity index is 2.07. The standard InChI is InChI=1S/C15H12F2N2O/c1-18-15(10-5-12(17)8-19-7-10)14-6-9-4-11(16)2-3-13(9)20-14/h2-8,15,18H,1H3. The van der Waals surface area contributed by atoms with Crippen molar-refractivity contribution in [2.45, 2.75) is 6.04 Å². The van der Waals surface area contributed by atoms with Gasteiger partial charge in [-0.05, 0) is 42.9 Å². The molecule has 0 radical (unpaired) electrons. The number of hydrogen-bond acceptors (Lipinski definition) is 3. The summed E-state index contributed by atoms with van der Waals surface area (Å²) in [6.45, 7) is 0. The molecule has 0 bridgehead atoms. The number of furan rings is 1. The predicted octanol–water partition coefficient (Wildman–Crippen LogP) is 3.41. The van der Waals surface area contributed by atoms with Gasteiger partial charge in [0.1, 0.15) is 23.0 Å². The van der Waals surface area contributed by atoms with Gasteiger partial charge in [0, 0.05) is 11.6 Å². The van der Waals surface area contributed by atoms with Crippen LogP contribution < -0.4 is 5.32 Å². The van der Waals surface area contributed by atoms with Gasteiger partial charge in [0.15, 0.2) is 0 Å². The van der Waals surface area contributed by atoms with Crippen molar-refractivity contribution in [3.63, 3.8) is 0 Å². The molecule has 3 rings (SSSR count). The van der Waals surface area contributed by atoms with Gasteiger partial charge in [-0.25, -0.2) is 8.78 Å². The fourth-order valence-corrected chi connectivity index (χ4v) is 2.24. The van der Waals surface area contributed by atoms with Crippen molar-refractivity contribution in [3.05, 3.63) is 65.7 Å². The molecule has 0 spiro atoms. The third-order valence-corrected chi connectivity index (χ3v) is 3.13. The monoisotopic (exact) mass is 274 g/mol. The zero-order valence-corrected chi connectivity index (χ0v) is 10.7. The molecule has 102 valence electrons. The Hall–Kier alpha value is -2.27. The average molecular weight is 274 g/mol. The largest absolute Gasteiger partial charge is 0.459 e. The summed E-state index contributed by atoms with van der Waals surface area (Å²) in [6, 6.07) is 7.11. The molecule has 5 heteroatoms. The minimum Gasteiger partial charge on any atom is -0.459 e. The Kier molecular flexibility index (Phi) is 3.20. The van der Waals surface area contributed by atoms with E-state index in [0.717, 1.165) is 6.20 Å². The molecule has 0 aliphatic heterocycles. The Morgan fingerprint density at radius 2 is 1.95 bits per heavy atom. The number of halogens is 2. The van der Waals surface area contributed by atoms with Crippen molar-refractivity contribution in [3.8, 4) is 0 Å². The highest BCUT2D eigenvalue weighted by Gasteiger charge is 2.18. The van der Waals surface area contributed by atoms with Crippen molar-refractivity contribution in [2.75, 3.05) is 7.05 Å². The molecule has 0 amide bonds. The molecule has 1 N–H and O–H groups in total. The highest BCUT2D eigenvalue weighted by Crippen LogP contribution is 2.28. The Morgan fingerprint density at radius 1 is 1.10 bits per heavy atom. The minimum absolute atomic E-state index is 0.321. The first-order chi connectivity index (χ1) is 9.67. The van der Waals surface area contributed by atoms with E-state index in [9.17, 15) is 8.78 Å². The van der Waals surface area contributed by atoms with Crippen LogP contribution in [-0.2, 0) is 0 Å². The highest BCUT2D eigenvalue weighted by atomic mass is 19.1. The third kappa shape index (κ3) is 2.28. The maximum absolute atomic E-state index is 13.3. The lowest BCUT2D eigenvalue weighted by atomic mass is 10.1.